The molecular weight excluding hydrogens is 250 g/mol. The van der Waals surface area contributed by atoms with Gasteiger partial charge in [0.15, 0.2) is 0 Å². The van der Waals surface area contributed by atoms with Crippen molar-refractivity contribution in [1.29, 1.82) is 0 Å². The first-order valence-electron chi connectivity index (χ1n) is 5.77. The number of halogens is 1. The van der Waals surface area contributed by atoms with Crippen molar-refractivity contribution in [2.45, 2.75) is 19.2 Å². The van der Waals surface area contributed by atoms with E-state index in [-0.39, 0.29) is 5.91 Å². The molecule has 0 saturated carbocycles. The standard InChI is InChI=1S/C14H14ClNO2/c1-2-13-12(6-7-18-13)14(17)16-11-5-3-4-10(8-11)9-15/h3-8H,2,9H2,1H3,(H,16,17). The molecule has 0 bridgehead atoms. The fraction of sp³-hybridized carbons (Fsp3) is 0.214. The number of amides is 1. The highest BCUT2D eigenvalue weighted by molar-refractivity contribution is 6.17. The van der Waals surface area contributed by atoms with Gasteiger partial charge in [0.2, 0.25) is 0 Å². The van der Waals surface area contributed by atoms with Crippen molar-refractivity contribution in [1.82, 2.24) is 0 Å². The molecule has 0 aliphatic rings. The maximum absolute atomic E-state index is 12.1. The molecule has 1 N–H and O–H groups in total. The lowest BCUT2D eigenvalue weighted by molar-refractivity contribution is 0.102. The molecule has 0 radical (unpaired) electrons. The van der Waals surface area contributed by atoms with Crippen molar-refractivity contribution in [3.05, 3.63) is 53.5 Å². The molecule has 4 heteroatoms. The van der Waals surface area contributed by atoms with E-state index in [2.05, 4.69) is 5.32 Å². The van der Waals surface area contributed by atoms with E-state index >= 15 is 0 Å². The second-order valence-corrected chi connectivity index (χ2v) is 4.17. The average molecular weight is 264 g/mol. The van der Waals surface area contributed by atoms with E-state index in [4.69, 9.17) is 16.0 Å². The molecule has 1 heterocycles. The number of carbonyl (C=O) groups excluding carboxylic acids is 1. The second kappa shape index (κ2) is 5.74. The summed E-state index contributed by atoms with van der Waals surface area (Å²) in [6, 6.07) is 9.15. The van der Waals surface area contributed by atoms with Crippen molar-refractivity contribution in [3.63, 3.8) is 0 Å². The van der Waals surface area contributed by atoms with Crippen molar-refractivity contribution in [2.24, 2.45) is 0 Å². The molecule has 1 aromatic heterocycles. The number of hydrogen-bond acceptors (Lipinski definition) is 2. The number of anilines is 1. The lowest BCUT2D eigenvalue weighted by Gasteiger charge is -2.06. The van der Waals surface area contributed by atoms with Gasteiger partial charge in [0.05, 0.1) is 11.8 Å². The van der Waals surface area contributed by atoms with Crippen molar-refractivity contribution < 1.29 is 9.21 Å². The number of hydrogen-bond donors (Lipinski definition) is 1. The maximum atomic E-state index is 12.1. The summed E-state index contributed by atoms with van der Waals surface area (Å²) in [6.07, 6.45) is 2.22. The van der Waals surface area contributed by atoms with Crippen LogP contribution in [0.2, 0.25) is 0 Å². The van der Waals surface area contributed by atoms with Crippen LogP contribution in [0.4, 0.5) is 5.69 Å². The van der Waals surface area contributed by atoms with Gasteiger partial charge in [-0.15, -0.1) is 11.6 Å². The Morgan fingerprint density at radius 3 is 2.94 bits per heavy atom. The minimum Gasteiger partial charge on any atom is -0.469 e. The topological polar surface area (TPSA) is 42.2 Å². The van der Waals surface area contributed by atoms with E-state index in [1.807, 2.05) is 31.2 Å². The molecule has 2 rings (SSSR count). The zero-order valence-corrected chi connectivity index (χ0v) is 10.8. The average Bonchev–Trinajstić information content (AvgIpc) is 2.87. The van der Waals surface area contributed by atoms with Gasteiger partial charge in [0, 0.05) is 18.0 Å². The predicted molar refractivity (Wildman–Crippen MR) is 72.0 cm³/mol. The Kier molecular flexibility index (Phi) is 4.05. The Balaban J connectivity index is 2.16. The number of nitrogens with one attached hydrogen (secondary N) is 1. The van der Waals surface area contributed by atoms with Crippen LogP contribution in [0, 0.1) is 0 Å². The molecule has 0 fully saturated rings. The van der Waals surface area contributed by atoms with E-state index in [9.17, 15) is 4.79 Å². The molecule has 1 amide bonds. The smallest absolute Gasteiger partial charge is 0.259 e. The predicted octanol–water partition coefficient (Wildman–Crippen LogP) is 3.83. The lowest BCUT2D eigenvalue weighted by atomic mass is 10.2. The van der Waals surface area contributed by atoms with E-state index in [1.54, 1.807) is 6.07 Å². The molecule has 3 nitrogen and oxygen atoms in total. The first-order chi connectivity index (χ1) is 8.74. The third kappa shape index (κ3) is 2.74. The first-order valence-corrected chi connectivity index (χ1v) is 6.30. The Bertz CT molecular complexity index is 548. The van der Waals surface area contributed by atoms with Crippen LogP contribution in [-0.2, 0) is 12.3 Å². The number of rotatable bonds is 4. The summed E-state index contributed by atoms with van der Waals surface area (Å²) < 4.78 is 5.24. The van der Waals surface area contributed by atoms with Crippen LogP contribution in [0.25, 0.3) is 0 Å². The molecule has 0 atom stereocenters. The van der Waals surface area contributed by atoms with Gasteiger partial charge in [-0.25, -0.2) is 0 Å². The number of alkyl halides is 1. The quantitative estimate of drug-likeness (QED) is 0.852. The maximum Gasteiger partial charge on any atom is 0.259 e. The Hall–Kier alpha value is -1.74. The van der Waals surface area contributed by atoms with Gasteiger partial charge in [0.25, 0.3) is 5.91 Å². The van der Waals surface area contributed by atoms with Gasteiger partial charge >= 0.3 is 0 Å². The summed E-state index contributed by atoms with van der Waals surface area (Å²) in [4.78, 5) is 12.1. The minimum atomic E-state index is -0.160. The Morgan fingerprint density at radius 1 is 1.39 bits per heavy atom. The molecule has 0 aliphatic heterocycles. The van der Waals surface area contributed by atoms with E-state index in [0.29, 0.717) is 23.6 Å². The number of benzene rings is 1. The van der Waals surface area contributed by atoms with Crippen LogP contribution < -0.4 is 5.32 Å². The molecule has 94 valence electrons. The lowest BCUT2D eigenvalue weighted by Crippen LogP contribution is -2.12. The second-order valence-electron chi connectivity index (χ2n) is 3.90. The zero-order valence-electron chi connectivity index (χ0n) is 10.1. The summed E-state index contributed by atoms with van der Waals surface area (Å²) in [5.41, 5.74) is 2.28. The van der Waals surface area contributed by atoms with Crippen LogP contribution in [0.1, 0.15) is 28.6 Å². The SMILES string of the molecule is CCc1occc1C(=O)Nc1cccc(CCl)c1. The molecule has 0 unspecified atom stereocenters. The highest BCUT2D eigenvalue weighted by atomic mass is 35.5. The monoisotopic (exact) mass is 263 g/mol. The zero-order chi connectivity index (χ0) is 13.0. The summed E-state index contributed by atoms with van der Waals surface area (Å²) in [5, 5.41) is 2.84. The third-order valence-corrected chi connectivity index (χ3v) is 2.96. The van der Waals surface area contributed by atoms with Gasteiger partial charge in [-0.05, 0) is 23.8 Å². The van der Waals surface area contributed by atoms with E-state index in [1.165, 1.54) is 6.26 Å². The third-order valence-electron chi connectivity index (χ3n) is 2.65. The number of aryl methyl sites for hydroxylation is 1. The van der Waals surface area contributed by atoms with Gasteiger partial charge in [-0.3, -0.25) is 4.79 Å². The number of furan rings is 1. The van der Waals surface area contributed by atoms with Gasteiger partial charge in [-0.1, -0.05) is 19.1 Å². The fourth-order valence-corrected chi connectivity index (χ4v) is 1.91. The summed E-state index contributed by atoms with van der Waals surface area (Å²) in [5.74, 6) is 0.962. The molecule has 2 aromatic rings. The van der Waals surface area contributed by atoms with Gasteiger partial charge in [0.1, 0.15) is 5.76 Å². The highest BCUT2D eigenvalue weighted by Crippen LogP contribution is 2.16. The molecular formula is C14H14ClNO2. The minimum absolute atomic E-state index is 0.160. The Labute approximate surface area is 111 Å². The summed E-state index contributed by atoms with van der Waals surface area (Å²) in [6.45, 7) is 1.95. The number of carbonyl (C=O) groups is 1. The molecule has 18 heavy (non-hydrogen) atoms. The van der Waals surface area contributed by atoms with Gasteiger partial charge in [-0.2, -0.15) is 0 Å². The molecule has 0 saturated heterocycles. The van der Waals surface area contributed by atoms with Crippen molar-refractivity contribution >= 4 is 23.2 Å². The summed E-state index contributed by atoms with van der Waals surface area (Å²) in [7, 11) is 0. The van der Waals surface area contributed by atoms with E-state index in [0.717, 1.165) is 11.3 Å². The van der Waals surface area contributed by atoms with Crippen LogP contribution in [0.15, 0.2) is 41.0 Å². The fourth-order valence-electron chi connectivity index (χ4n) is 1.75. The summed E-state index contributed by atoms with van der Waals surface area (Å²) >= 11 is 5.75. The van der Waals surface area contributed by atoms with Crippen molar-refractivity contribution in [3.8, 4) is 0 Å². The van der Waals surface area contributed by atoms with Crippen LogP contribution >= 0.6 is 11.6 Å². The van der Waals surface area contributed by atoms with Gasteiger partial charge < -0.3 is 9.73 Å². The highest BCUT2D eigenvalue weighted by Gasteiger charge is 2.13. The van der Waals surface area contributed by atoms with E-state index < -0.39 is 0 Å². The van der Waals surface area contributed by atoms with Crippen molar-refractivity contribution in [2.75, 3.05) is 5.32 Å². The largest absolute Gasteiger partial charge is 0.469 e. The Morgan fingerprint density at radius 2 is 2.22 bits per heavy atom. The normalized spacial score (nSPS) is 10.3. The van der Waals surface area contributed by atoms with Crippen LogP contribution in [0.3, 0.4) is 0 Å². The molecule has 0 aliphatic carbocycles. The van der Waals surface area contributed by atoms with Crippen LogP contribution in [-0.4, -0.2) is 5.91 Å². The molecule has 0 spiro atoms. The molecule has 1 aromatic carbocycles. The first kappa shape index (κ1) is 12.7. The van der Waals surface area contributed by atoms with Crippen LogP contribution in [0.5, 0.6) is 0 Å².